The first kappa shape index (κ1) is 22.1. The molecule has 0 radical (unpaired) electrons. The van der Waals surface area contributed by atoms with Crippen LogP contribution in [0, 0.1) is 24.0 Å². The Morgan fingerprint density at radius 2 is 1.81 bits per heavy atom. The van der Waals surface area contributed by atoms with Crippen molar-refractivity contribution < 1.29 is 18.1 Å². The summed E-state index contributed by atoms with van der Waals surface area (Å²) in [5.74, 6) is -0.466. The number of rotatable bonds is 8. The van der Waals surface area contributed by atoms with E-state index in [1.54, 1.807) is 25.3 Å². The fraction of sp³-hybridized carbons (Fsp3) is 0.200. The van der Waals surface area contributed by atoms with Crippen LogP contribution in [-0.4, -0.2) is 42.1 Å². The number of nitrogens with one attached hydrogen (secondary N) is 2. The van der Waals surface area contributed by atoms with E-state index in [1.165, 1.54) is 35.0 Å². The van der Waals surface area contributed by atoms with Crippen LogP contribution in [0.3, 0.4) is 0 Å². The molecule has 0 saturated heterocycles. The summed E-state index contributed by atoms with van der Waals surface area (Å²) in [4.78, 5) is 22.7. The summed E-state index contributed by atoms with van der Waals surface area (Å²) in [6, 6.07) is 12.4. The monoisotopic (exact) mass is 443 g/mol. The van der Waals surface area contributed by atoms with E-state index in [0.29, 0.717) is 11.3 Å². The quantitative estimate of drug-likeness (QED) is 0.311. The Morgan fingerprint density at radius 3 is 2.48 bits per heavy atom. The van der Waals surface area contributed by atoms with Crippen LogP contribution >= 0.6 is 0 Å². The molecule has 3 aromatic rings. The van der Waals surface area contributed by atoms with Gasteiger partial charge in [0.25, 0.3) is 11.6 Å². The molecule has 0 aliphatic rings. The number of amides is 1. The Hall–Kier alpha value is -3.57. The third-order valence-corrected chi connectivity index (χ3v) is 6.09. The third-order valence-electron chi connectivity index (χ3n) is 4.48. The van der Waals surface area contributed by atoms with E-state index in [1.807, 2.05) is 13.0 Å². The summed E-state index contributed by atoms with van der Waals surface area (Å²) in [6.07, 6.45) is 1.55. The minimum atomic E-state index is -3.69. The molecule has 0 aliphatic carbocycles. The van der Waals surface area contributed by atoms with Gasteiger partial charge < -0.3 is 5.32 Å². The van der Waals surface area contributed by atoms with Gasteiger partial charge in [-0.2, -0.15) is 5.10 Å². The summed E-state index contributed by atoms with van der Waals surface area (Å²) < 4.78 is 28.8. The van der Waals surface area contributed by atoms with Crippen molar-refractivity contribution in [2.75, 3.05) is 13.1 Å². The lowest BCUT2D eigenvalue weighted by atomic mass is 10.2. The van der Waals surface area contributed by atoms with E-state index in [9.17, 15) is 23.3 Å². The highest BCUT2D eigenvalue weighted by Crippen LogP contribution is 2.16. The summed E-state index contributed by atoms with van der Waals surface area (Å²) in [7, 11) is -3.69. The highest BCUT2D eigenvalue weighted by molar-refractivity contribution is 7.89. The van der Waals surface area contributed by atoms with Gasteiger partial charge in [-0.15, -0.1) is 0 Å². The van der Waals surface area contributed by atoms with E-state index >= 15 is 0 Å². The summed E-state index contributed by atoms with van der Waals surface area (Å²) in [5.41, 5.74) is 2.13. The zero-order chi connectivity index (χ0) is 22.6. The average Bonchev–Trinajstić information content (AvgIpc) is 3.23. The van der Waals surface area contributed by atoms with Gasteiger partial charge >= 0.3 is 0 Å². The smallest absolute Gasteiger partial charge is 0.271 e. The topological polar surface area (TPSA) is 136 Å². The van der Waals surface area contributed by atoms with Gasteiger partial charge in [0.15, 0.2) is 5.69 Å². The van der Waals surface area contributed by atoms with Crippen LogP contribution in [0.2, 0.25) is 0 Å². The average molecular weight is 443 g/mol. The summed E-state index contributed by atoms with van der Waals surface area (Å²) in [5, 5.41) is 17.5. The molecule has 0 aliphatic heterocycles. The Morgan fingerprint density at radius 1 is 1.10 bits per heavy atom. The van der Waals surface area contributed by atoms with Crippen LogP contribution in [0.4, 0.5) is 5.69 Å². The molecule has 0 fully saturated rings. The Balaban J connectivity index is 1.56. The number of nitrogens with zero attached hydrogens (tertiary/aromatic N) is 3. The van der Waals surface area contributed by atoms with Gasteiger partial charge in [-0.1, -0.05) is 12.1 Å². The highest BCUT2D eigenvalue weighted by Gasteiger charge is 2.17. The molecule has 2 N–H and O–H groups in total. The molecule has 0 atom stereocenters. The van der Waals surface area contributed by atoms with Gasteiger partial charge in [-0.25, -0.2) is 17.8 Å². The van der Waals surface area contributed by atoms with Gasteiger partial charge in [0.1, 0.15) is 0 Å². The first-order valence-electron chi connectivity index (χ1n) is 9.33. The standard InChI is InChI=1S/C20H21N5O5S/c1-14-3-4-15(2)19(13-14)31(29,30)22-11-10-21-20(26)18-9-12-24(23-18)16-5-7-17(8-6-16)25(27)28/h3-9,12-13,22H,10-11H2,1-2H3,(H,21,26). The van der Waals surface area contributed by atoms with E-state index in [-0.39, 0.29) is 29.4 Å². The zero-order valence-electron chi connectivity index (χ0n) is 16.9. The SMILES string of the molecule is Cc1ccc(C)c(S(=O)(=O)NCCNC(=O)c2ccn(-c3ccc([N+](=O)[O-])cc3)n2)c1. The van der Waals surface area contributed by atoms with E-state index < -0.39 is 20.9 Å². The number of non-ortho nitro benzene ring substituents is 1. The van der Waals surface area contributed by atoms with E-state index in [4.69, 9.17) is 0 Å². The first-order valence-corrected chi connectivity index (χ1v) is 10.8. The van der Waals surface area contributed by atoms with Gasteiger partial charge in [0.05, 0.1) is 15.5 Å². The molecule has 10 nitrogen and oxygen atoms in total. The summed E-state index contributed by atoms with van der Waals surface area (Å²) >= 11 is 0. The fourth-order valence-electron chi connectivity index (χ4n) is 2.84. The zero-order valence-corrected chi connectivity index (χ0v) is 17.7. The molecule has 0 unspecified atom stereocenters. The molecular formula is C20H21N5O5S. The van der Waals surface area contributed by atoms with Crippen molar-refractivity contribution in [2.24, 2.45) is 0 Å². The van der Waals surface area contributed by atoms with Crippen molar-refractivity contribution in [2.45, 2.75) is 18.7 Å². The van der Waals surface area contributed by atoms with Crippen molar-refractivity contribution in [1.29, 1.82) is 0 Å². The lowest BCUT2D eigenvalue weighted by Crippen LogP contribution is -2.35. The third kappa shape index (κ3) is 5.32. The molecule has 1 heterocycles. The minimum absolute atomic E-state index is 0.0184. The van der Waals surface area contributed by atoms with Crippen LogP contribution in [0.15, 0.2) is 59.6 Å². The van der Waals surface area contributed by atoms with E-state index in [0.717, 1.165) is 5.56 Å². The summed E-state index contributed by atoms with van der Waals surface area (Å²) in [6.45, 7) is 3.63. The molecule has 3 rings (SSSR count). The maximum atomic E-state index is 12.5. The number of nitro groups is 1. The van der Waals surface area contributed by atoms with Crippen molar-refractivity contribution in [1.82, 2.24) is 19.8 Å². The van der Waals surface area contributed by atoms with Gasteiger partial charge in [0.2, 0.25) is 10.0 Å². The molecule has 31 heavy (non-hydrogen) atoms. The molecule has 0 saturated carbocycles. The van der Waals surface area contributed by atoms with E-state index in [2.05, 4.69) is 15.1 Å². The second-order valence-electron chi connectivity index (χ2n) is 6.84. The lowest BCUT2D eigenvalue weighted by Gasteiger charge is -2.10. The predicted molar refractivity (Wildman–Crippen MR) is 114 cm³/mol. The van der Waals surface area contributed by atoms with Crippen molar-refractivity contribution in [3.05, 3.63) is 81.7 Å². The second kappa shape index (κ2) is 9.06. The molecule has 0 spiro atoms. The maximum absolute atomic E-state index is 12.5. The van der Waals surface area contributed by atoms with Crippen LogP contribution in [0.5, 0.6) is 0 Å². The normalized spacial score (nSPS) is 11.3. The molecule has 162 valence electrons. The van der Waals surface area contributed by atoms with Crippen LogP contribution < -0.4 is 10.0 Å². The fourth-order valence-corrected chi connectivity index (χ4v) is 4.20. The largest absolute Gasteiger partial charge is 0.349 e. The number of nitro benzene ring substituents is 1. The first-order chi connectivity index (χ1) is 14.7. The Kier molecular flexibility index (Phi) is 6.47. The number of aryl methyl sites for hydroxylation is 2. The maximum Gasteiger partial charge on any atom is 0.271 e. The van der Waals surface area contributed by atoms with Gasteiger partial charge in [-0.3, -0.25) is 14.9 Å². The van der Waals surface area contributed by atoms with Crippen molar-refractivity contribution >= 4 is 21.6 Å². The number of sulfonamides is 1. The number of hydrogen-bond donors (Lipinski definition) is 2. The number of benzene rings is 2. The molecule has 1 aromatic heterocycles. The van der Waals surface area contributed by atoms with Crippen LogP contribution in [-0.2, 0) is 10.0 Å². The second-order valence-corrected chi connectivity index (χ2v) is 8.58. The van der Waals surface area contributed by atoms with Crippen molar-refractivity contribution in [3.8, 4) is 5.69 Å². The predicted octanol–water partition coefficient (Wildman–Crippen LogP) is 2.11. The van der Waals surface area contributed by atoms with Crippen LogP contribution in [0.1, 0.15) is 21.6 Å². The van der Waals surface area contributed by atoms with Gasteiger partial charge in [0, 0.05) is 31.4 Å². The number of aromatic nitrogens is 2. The molecule has 0 bridgehead atoms. The molecule has 11 heteroatoms. The Bertz CT molecular complexity index is 1220. The Labute approximate surface area is 179 Å². The van der Waals surface area contributed by atoms with Crippen molar-refractivity contribution in [3.63, 3.8) is 0 Å². The van der Waals surface area contributed by atoms with Crippen LogP contribution in [0.25, 0.3) is 5.69 Å². The minimum Gasteiger partial charge on any atom is -0.349 e. The molecular weight excluding hydrogens is 422 g/mol. The number of hydrogen-bond acceptors (Lipinski definition) is 6. The number of carbonyl (C=O) groups excluding carboxylic acids is 1. The highest BCUT2D eigenvalue weighted by atomic mass is 32.2. The molecule has 1 amide bonds. The number of carbonyl (C=O) groups is 1. The van der Waals surface area contributed by atoms with Gasteiger partial charge in [-0.05, 0) is 49.2 Å². The lowest BCUT2D eigenvalue weighted by molar-refractivity contribution is -0.384. The molecule has 2 aromatic carbocycles.